The zero-order valence-electron chi connectivity index (χ0n) is 16.4. The molecule has 0 saturated carbocycles. The van der Waals surface area contributed by atoms with Crippen molar-refractivity contribution >= 4 is 18.3 Å². The number of hydrogen-bond acceptors (Lipinski definition) is 4. The molecule has 0 aromatic heterocycles. The van der Waals surface area contributed by atoms with Crippen LogP contribution in [0.3, 0.4) is 0 Å². The van der Waals surface area contributed by atoms with Crippen molar-refractivity contribution in [2.24, 2.45) is 0 Å². The molecule has 0 bridgehead atoms. The molecule has 0 fully saturated rings. The lowest BCUT2D eigenvalue weighted by molar-refractivity contribution is -0.384. The van der Waals surface area contributed by atoms with E-state index in [1.54, 1.807) is 18.2 Å². The summed E-state index contributed by atoms with van der Waals surface area (Å²) in [6, 6.07) is 12.7. The fraction of sp³-hybridized carbons (Fsp3) is 0.143. The fourth-order valence-corrected chi connectivity index (χ4v) is 3.44. The van der Waals surface area contributed by atoms with Crippen LogP contribution in [0.4, 0.5) is 32.0 Å². The van der Waals surface area contributed by atoms with Gasteiger partial charge in [-0.2, -0.15) is 26.3 Å². The summed E-state index contributed by atoms with van der Waals surface area (Å²) in [5, 5.41) is 10.9. The standard InChI is InChI=1S/C21H12BF6NO4/c23-20(24,25)13-9-14(21(26,27)28)11-15(10-13)22-32-18-4-2-1-3-17(18)19(33-22)12-5-7-16(8-6-12)29(30)31/h1-11,19H. The molecule has 0 spiro atoms. The Morgan fingerprint density at radius 2 is 1.42 bits per heavy atom. The van der Waals surface area contributed by atoms with Gasteiger partial charge in [-0.15, -0.1) is 0 Å². The summed E-state index contributed by atoms with van der Waals surface area (Å²) in [5.74, 6) is 0.197. The van der Waals surface area contributed by atoms with Crippen LogP contribution >= 0.6 is 0 Å². The van der Waals surface area contributed by atoms with Gasteiger partial charge in [0.25, 0.3) is 5.69 Å². The first-order chi connectivity index (χ1) is 15.4. The minimum atomic E-state index is -5.03. The molecule has 1 aliphatic rings. The average Bonchev–Trinajstić information content (AvgIpc) is 2.77. The molecule has 0 aliphatic carbocycles. The number of alkyl halides is 6. The fourth-order valence-electron chi connectivity index (χ4n) is 3.44. The Kier molecular flexibility index (Phi) is 5.56. The molecular weight excluding hydrogens is 455 g/mol. The molecule has 0 radical (unpaired) electrons. The van der Waals surface area contributed by atoms with Gasteiger partial charge in [-0.05, 0) is 47.4 Å². The Morgan fingerprint density at radius 1 is 0.848 bits per heavy atom. The van der Waals surface area contributed by atoms with Gasteiger partial charge in [-0.25, -0.2) is 0 Å². The van der Waals surface area contributed by atoms with Crippen molar-refractivity contribution in [3.05, 3.63) is 99.1 Å². The summed E-state index contributed by atoms with van der Waals surface area (Å²) in [4.78, 5) is 10.3. The minimum Gasteiger partial charge on any atom is -0.532 e. The first-order valence-corrected chi connectivity index (χ1v) is 9.38. The highest BCUT2D eigenvalue weighted by molar-refractivity contribution is 6.62. The SMILES string of the molecule is O=[N+]([O-])c1ccc(C2OB(c3cc(C(F)(F)F)cc(C(F)(F)F)c3)Oc3ccccc32)cc1. The van der Waals surface area contributed by atoms with E-state index < -0.39 is 47.1 Å². The maximum absolute atomic E-state index is 13.3. The third-order valence-corrected chi connectivity index (χ3v) is 4.98. The Bertz CT molecular complexity index is 1160. The monoisotopic (exact) mass is 467 g/mol. The third-order valence-electron chi connectivity index (χ3n) is 4.98. The van der Waals surface area contributed by atoms with Gasteiger partial charge in [-0.3, -0.25) is 10.1 Å². The van der Waals surface area contributed by atoms with E-state index in [0.29, 0.717) is 23.3 Å². The van der Waals surface area contributed by atoms with Crippen LogP contribution in [0.15, 0.2) is 66.7 Å². The maximum Gasteiger partial charge on any atom is 0.563 e. The second kappa shape index (κ2) is 8.11. The molecule has 3 aromatic carbocycles. The number of rotatable bonds is 3. The van der Waals surface area contributed by atoms with Crippen LogP contribution in [0, 0.1) is 10.1 Å². The van der Waals surface area contributed by atoms with Crippen molar-refractivity contribution < 1.29 is 40.6 Å². The van der Waals surface area contributed by atoms with E-state index in [2.05, 4.69) is 0 Å². The van der Waals surface area contributed by atoms with E-state index in [4.69, 9.17) is 9.31 Å². The zero-order valence-corrected chi connectivity index (χ0v) is 16.4. The number of benzene rings is 3. The third kappa shape index (κ3) is 4.65. The largest absolute Gasteiger partial charge is 0.563 e. The normalized spacial score (nSPS) is 16.2. The molecule has 0 amide bonds. The van der Waals surface area contributed by atoms with Gasteiger partial charge in [0.05, 0.1) is 22.2 Å². The lowest BCUT2D eigenvalue weighted by Gasteiger charge is -2.31. The number of nitro groups is 1. The predicted octanol–water partition coefficient (Wildman–Crippen LogP) is 5.53. The predicted molar refractivity (Wildman–Crippen MR) is 105 cm³/mol. The van der Waals surface area contributed by atoms with Crippen molar-refractivity contribution in [3.63, 3.8) is 0 Å². The molecule has 0 N–H and O–H groups in total. The molecule has 33 heavy (non-hydrogen) atoms. The summed E-state index contributed by atoms with van der Waals surface area (Å²) in [6.07, 6.45) is -11.0. The second-order valence-corrected chi connectivity index (χ2v) is 7.19. The van der Waals surface area contributed by atoms with Crippen molar-refractivity contribution in [3.8, 4) is 5.75 Å². The Morgan fingerprint density at radius 3 is 1.97 bits per heavy atom. The maximum atomic E-state index is 13.3. The molecule has 12 heteroatoms. The van der Waals surface area contributed by atoms with E-state index >= 15 is 0 Å². The van der Waals surface area contributed by atoms with Gasteiger partial charge in [0, 0.05) is 17.7 Å². The smallest absolute Gasteiger partial charge is 0.532 e. The van der Waals surface area contributed by atoms with E-state index in [0.717, 1.165) is 0 Å². The summed E-state index contributed by atoms with van der Waals surface area (Å²) in [7, 11) is -1.59. The van der Waals surface area contributed by atoms with Crippen LogP contribution < -0.4 is 10.1 Å². The van der Waals surface area contributed by atoms with E-state index in [1.165, 1.54) is 30.3 Å². The number of nitro benzene ring substituents is 1. The molecule has 5 nitrogen and oxygen atoms in total. The van der Waals surface area contributed by atoms with Crippen LogP contribution in [-0.2, 0) is 17.0 Å². The highest BCUT2D eigenvalue weighted by Gasteiger charge is 2.41. The van der Waals surface area contributed by atoms with Crippen LogP contribution in [0.2, 0.25) is 0 Å². The van der Waals surface area contributed by atoms with Crippen LogP contribution in [0.5, 0.6) is 5.75 Å². The number of nitrogens with zero attached hydrogens (tertiary/aromatic N) is 1. The van der Waals surface area contributed by atoms with Gasteiger partial charge in [0.2, 0.25) is 0 Å². The molecule has 1 heterocycles. The van der Waals surface area contributed by atoms with E-state index in [-0.39, 0.29) is 17.5 Å². The molecule has 170 valence electrons. The first-order valence-electron chi connectivity index (χ1n) is 9.38. The highest BCUT2D eigenvalue weighted by atomic mass is 19.4. The van der Waals surface area contributed by atoms with E-state index in [9.17, 15) is 36.5 Å². The van der Waals surface area contributed by atoms with Crippen LogP contribution in [0.25, 0.3) is 0 Å². The Balaban J connectivity index is 1.79. The summed E-state index contributed by atoms with van der Waals surface area (Å²) < 4.78 is 91.1. The summed E-state index contributed by atoms with van der Waals surface area (Å²) in [6.45, 7) is 0. The molecule has 3 aromatic rings. The zero-order chi connectivity index (χ0) is 24.0. The van der Waals surface area contributed by atoms with Gasteiger partial charge >= 0.3 is 19.5 Å². The van der Waals surface area contributed by atoms with Crippen molar-refractivity contribution in [2.45, 2.75) is 18.5 Å². The number of halogens is 6. The number of fused-ring (bicyclic) bond motifs is 1. The van der Waals surface area contributed by atoms with Gasteiger partial charge in [-0.1, -0.05) is 18.2 Å². The van der Waals surface area contributed by atoms with Crippen molar-refractivity contribution in [1.82, 2.24) is 0 Å². The first kappa shape index (κ1) is 22.7. The quantitative estimate of drug-likeness (QED) is 0.220. The molecule has 0 saturated heterocycles. The summed E-state index contributed by atoms with van der Waals surface area (Å²) >= 11 is 0. The number of non-ortho nitro benzene ring substituents is 1. The van der Waals surface area contributed by atoms with E-state index in [1.807, 2.05) is 0 Å². The lowest BCUT2D eigenvalue weighted by atomic mass is 9.74. The molecule has 1 atom stereocenters. The lowest BCUT2D eigenvalue weighted by Crippen LogP contribution is -2.44. The second-order valence-electron chi connectivity index (χ2n) is 7.19. The van der Waals surface area contributed by atoms with Crippen LogP contribution in [0.1, 0.15) is 28.4 Å². The number of para-hydroxylation sites is 1. The molecule has 1 aliphatic heterocycles. The Labute approximate surface area is 182 Å². The Hall–Kier alpha value is -3.54. The molecule has 1 unspecified atom stereocenters. The van der Waals surface area contributed by atoms with Crippen molar-refractivity contribution in [1.29, 1.82) is 0 Å². The average molecular weight is 467 g/mol. The van der Waals surface area contributed by atoms with Gasteiger partial charge < -0.3 is 9.31 Å². The molecular formula is C21H12BF6NO4. The van der Waals surface area contributed by atoms with Crippen LogP contribution in [-0.4, -0.2) is 12.0 Å². The molecule has 4 rings (SSSR count). The van der Waals surface area contributed by atoms with Gasteiger partial charge in [0.15, 0.2) is 0 Å². The topological polar surface area (TPSA) is 61.6 Å². The van der Waals surface area contributed by atoms with Crippen molar-refractivity contribution in [2.75, 3.05) is 0 Å². The minimum absolute atomic E-state index is 0.0219. The highest BCUT2D eigenvalue weighted by Crippen LogP contribution is 2.39. The number of hydrogen-bond donors (Lipinski definition) is 0. The summed E-state index contributed by atoms with van der Waals surface area (Å²) in [5.41, 5.74) is -2.78. The van der Waals surface area contributed by atoms with Gasteiger partial charge in [0.1, 0.15) is 5.75 Å².